The van der Waals surface area contributed by atoms with Crippen LogP contribution in [0.3, 0.4) is 0 Å². The smallest absolute Gasteiger partial charge is 0.150 e. The van der Waals surface area contributed by atoms with Crippen molar-refractivity contribution in [3.8, 4) is 0 Å². The number of furan rings is 1. The number of aromatic nitrogens is 3. The van der Waals surface area contributed by atoms with Gasteiger partial charge in [0.2, 0.25) is 0 Å². The molecule has 1 fully saturated rings. The Morgan fingerprint density at radius 1 is 1.27 bits per heavy atom. The fourth-order valence-electron chi connectivity index (χ4n) is 4.52. The second kappa shape index (κ2) is 6.21. The van der Waals surface area contributed by atoms with Crippen LogP contribution in [0.25, 0.3) is 11.0 Å². The van der Waals surface area contributed by atoms with Gasteiger partial charge in [0.05, 0.1) is 12.1 Å². The predicted octanol–water partition coefficient (Wildman–Crippen LogP) is 3.24. The van der Waals surface area contributed by atoms with Crippen molar-refractivity contribution >= 4 is 11.0 Å². The van der Waals surface area contributed by atoms with Crippen molar-refractivity contribution in [2.45, 2.75) is 51.4 Å². The van der Waals surface area contributed by atoms with E-state index in [-0.39, 0.29) is 12.1 Å². The van der Waals surface area contributed by atoms with E-state index in [0.717, 1.165) is 55.5 Å². The first kappa shape index (κ1) is 16.0. The molecule has 6 nitrogen and oxygen atoms in total. The molecule has 0 bridgehead atoms. The molecule has 4 heterocycles. The van der Waals surface area contributed by atoms with Gasteiger partial charge < -0.3 is 13.7 Å². The minimum Gasteiger partial charge on any atom is -0.461 e. The van der Waals surface area contributed by atoms with E-state index in [1.807, 2.05) is 12.1 Å². The maximum absolute atomic E-state index is 5.97. The molecule has 0 N–H and O–H groups in total. The van der Waals surface area contributed by atoms with Crippen molar-refractivity contribution < 1.29 is 9.15 Å². The number of hydrogen-bond acceptors (Lipinski definition) is 5. The number of aryl methyl sites for hydroxylation is 2. The third kappa shape index (κ3) is 2.47. The van der Waals surface area contributed by atoms with Crippen LogP contribution in [0.15, 0.2) is 28.7 Å². The van der Waals surface area contributed by atoms with Crippen LogP contribution < -0.4 is 0 Å². The maximum Gasteiger partial charge on any atom is 0.150 e. The number of fused-ring (bicyclic) bond motifs is 2. The van der Waals surface area contributed by atoms with Gasteiger partial charge in [-0.05, 0) is 25.8 Å². The normalized spacial score (nSPS) is 23.2. The number of para-hydroxylation sites is 1. The van der Waals surface area contributed by atoms with Gasteiger partial charge in [-0.2, -0.15) is 0 Å². The van der Waals surface area contributed by atoms with E-state index >= 15 is 0 Å². The Morgan fingerprint density at radius 2 is 2.15 bits per heavy atom. The summed E-state index contributed by atoms with van der Waals surface area (Å²) in [5.74, 6) is 3.23. The molecule has 0 aliphatic carbocycles. The summed E-state index contributed by atoms with van der Waals surface area (Å²) >= 11 is 0. The van der Waals surface area contributed by atoms with E-state index in [1.54, 1.807) is 7.11 Å². The lowest BCUT2D eigenvalue weighted by atomic mass is 10.1. The molecule has 1 aromatic carbocycles. The minimum absolute atomic E-state index is 0.229. The average Bonchev–Trinajstić information content (AvgIpc) is 3.39. The van der Waals surface area contributed by atoms with Gasteiger partial charge in [0.25, 0.3) is 0 Å². The number of ether oxygens (including phenoxy) is 1. The first-order valence-corrected chi connectivity index (χ1v) is 9.40. The molecule has 0 amide bonds. The van der Waals surface area contributed by atoms with Crippen LogP contribution >= 0.6 is 0 Å². The second-order valence-electron chi connectivity index (χ2n) is 7.40. The third-order valence-corrected chi connectivity index (χ3v) is 5.90. The highest BCUT2D eigenvalue weighted by molar-refractivity contribution is 5.82. The summed E-state index contributed by atoms with van der Waals surface area (Å²) in [5, 5.41) is 10.2. The molecule has 6 heteroatoms. The Kier molecular flexibility index (Phi) is 3.83. The van der Waals surface area contributed by atoms with Crippen LogP contribution in [-0.4, -0.2) is 39.4 Å². The van der Waals surface area contributed by atoms with Crippen LogP contribution in [0.1, 0.15) is 41.9 Å². The second-order valence-corrected chi connectivity index (χ2v) is 7.40. The standard InChI is InChI=1S/C20H24N4O2/c1-13-16(15-6-3-4-7-18(15)26-13)12-23-11-14(25-2)10-17(23)20-22-21-19-8-5-9-24(19)20/h3-4,6-7,14,17H,5,8-12H2,1-2H3/t14-,17+/m1/s1. The molecule has 2 atom stereocenters. The topological polar surface area (TPSA) is 56.3 Å². The monoisotopic (exact) mass is 352 g/mol. The van der Waals surface area contributed by atoms with E-state index < -0.39 is 0 Å². The van der Waals surface area contributed by atoms with E-state index in [1.165, 1.54) is 17.4 Å². The molecule has 26 heavy (non-hydrogen) atoms. The fraction of sp³-hybridized carbons (Fsp3) is 0.500. The first-order valence-electron chi connectivity index (χ1n) is 9.40. The van der Waals surface area contributed by atoms with E-state index in [9.17, 15) is 0 Å². The van der Waals surface area contributed by atoms with Gasteiger partial charge in [0, 0.05) is 44.1 Å². The molecule has 0 radical (unpaired) electrons. The largest absolute Gasteiger partial charge is 0.461 e. The fourth-order valence-corrected chi connectivity index (χ4v) is 4.52. The lowest BCUT2D eigenvalue weighted by Gasteiger charge is -2.23. The van der Waals surface area contributed by atoms with Crippen LogP contribution in [0.5, 0.6) is 0 Å². The SMILES string of the molecule is CO[C@@H]1C[C@@H](c2nnc3n2CCC3)N(Cc2c(C)oc3ccccc23)C1. The average molecular weight is 352 g/mol. The summed E-state index contributed by atoms with van der Waals surface area (Å²) in [5.41, 5.74) is 2.23. The number of rotatable bonds is 4. The van der Waals surface area contributed by atoms with Gasteiger partial charge in [-0.25, -0.2) is 0 Å². The van der Waals surface area contributed by atoms with E-state index in [2.05, 4.69) is 38.7 Å². The van der Waals surface area contributed by atoms with Crippen molar-refractivity contribution in [2.24, 2.45) is 0 Å². The maximum atomic E-state index is 5.97. The van der Waals surface area contributed by atoms with Gasteiger partial charge in [-0.1, -0.05) is 18.2 Å². The highest BCUT2D eigenvalue weighted by atomic mass is 16.5. The summed E-state index contributed by atoms with van der Waals surface area (Å²) in [6.07, 6.45) is 3.40. The van der Waals surface area contributed by atoms with Gasteiger partial charge in [0.1, 0.15) is 17.2 Å². The summed E-state index contributed by atoms with van der Waals surface area (Å²) in [4.78, 5) is 2.48. The molecule has 0 spiro atoms. The Bertz CT molecular complexity index is 945. The molecule has 2 aromatic heterocycles. The van der Waals surface area contributed by atoms with Gasteiger partial charge >= 0.3 is 0 Å². The third-order valence-electron chi connectivity index (χ3n) is 5.90. The molecule has 0 saturated carbocycles. The molecule has 3 aromatic rings. The summed E-state index contributed by atoms with van der Waals surface area (Å²) < 4.78 is 14.0. The Morgan fingerprint density at radius 3 is 3.04 bits per heavy atom. The highest BCUT2D eigenvalue weighted by Gasteiger charge is 2.38. The number of methoxy groups -OCH3 is 1. The quantitative estimate of drug-likeness (QED) is 0.721. The van der Waals surface area contributed by atoms with Crippen molar-refractivity contribution in [1.29, 1.82) is 0 Å². The first-order chi connectivity index (χ1) is 12.7. The Labute approximate surface area is 152 Å². The lowest BCUT2D eigenvalue weighted by Crippen LogP contribution is -2.26. The number of likely N-dealkylation sites (tertiary alicyclic amines) is 1. The molecular weight excluding hydrogens is 328 g/mol. The summed E-state index contributed by atoms with van der Waals surface area (Å²) in [6.45, 7) is 4.84. The zero-order chi connectivity index (χ0) is 17.7. The van der Waals surface area contributed by atoms with Crippen LogP contribution in [0.4, 0.5) is 0 Å². The number of benzene rings is 1. The lowest BCUT2D eigenvalue weighted by molar-refractivity contribution is 0.107. The minimum atomic E-state index is 0.229. The Hall–Kier alpha value is -2.18. The molecule has 2 aliphatic rings. The number of nitrogens with zero attached hydrogens (tertiary/aromatic N) is 4. The predicted molar refractivity (Wildman–Crippen MR) is 97.9 cm³/mol. The van der Waals surface area contributed by atoms with Gasteiger partial charge in [-0.15, -0.1) is 10.2 Å². The van der Waals surface area contributed by atoms with E-state index in [0.29, 0.717) is 0 Å². The molecule has 0 unspecified atom stereocenters. The van der Waals surface area contributed by atoms with Crippen molar-refractivity contribution in [3.05, 3.63) is 47.2 Å². The molecule has 1 saturated heterocycles. The van der Waals surface area contributed by atoms with Crippen molar-refractivity contribution in [1.82, 2.24) is 19.7 Å². The summed E-state index contributed by atoms with van der Waals surface area (Å²) in [7, 11) is 1.80. The van der Waals surface area contributed by atoms with Gasteiger partial charge in [-0.3, -0.25) is 4.90 Å². The molecule has 136 valence electrons. The van der Waals surface area contributed by atoms with Crippen LogP contribution in [0.2, 0.25) is 0 Å². The van der Waals surface area contributed by atoms with Crippen LogP contribution in [-0.2, 0) is 24.2 Å². The van der Waals surface area contributed by atoms with E-state index in [4.69, 9.17) is 9.15 Å². The van der Waals surface area contributed by atoms with Crippen LogP contribution in [0, 0.1) is 6.92 Å². The number of hydrogen-bond donors (Lipinski definition) is 0. The molecule has 5 rings (SSSR count). The van der Waals surface area contributed by atoms with Crippen molar-refractivity contribution in [2.75, 3.05) is 13.7 Å². The highest BCUT2D eigenvalue weighted by Crippen LogP contribution is 2.37. The molecular formula is C20H24N4O2. The zero-order valence-corrected chi connectivity index (χ0v) is 15.3. The summed E-state index contributed by atoms with van der Waals surface area (Å²) in [6, 6.07) is 8.53. The Balaban J connectivity index is 1.50. The molecule has 2 aliphatic heterocycles. The van der Waals surface area contributed by atoms with Crippen molar-refractivity contribution in [3.63, 3.8) is 0 Å². The zero-order valence-electron chi connectivity index (χ0n) is 15.3. The van der Waals surface area contributed by atoms with Gasteiger partial charge in [0.15, 0.2) is 5.82 Å².